The highest BCUT2D eigenvalue weighted by Crippen LogP contribution is 2.46. The average Bonchev–Trinajstić information content (AvgIpc) is 3.40. The second-order valence-corrected chi connectivity index (χ2v) is 9.60. The van der Waals surface area contributed by atoms with Gasteiger partial charge in [0.05, 0.1) is 0 Å². The lowest BCUT2D eigenvalue weighted by molar-refractivity contribution is 0.481. The number of aromatic amines is 1. The van der Waals surface area contributed by atoms with Gasteiger partial charge >= 0.3 is 0 Å². The SMILES string of the molecule is Cc1cccc2c(O)cc3c(c12)C(CCl)CN3Cc1ccc2cc(-c3cccc(N)c3)[nH]c2c1. The van der Waals surface area contributed by atoms with Gasteiger partial charge < -0.3 is 20.7 Å². The van der Waals surface area contributed by atoms with Crippen molar-refractivity contribution in [3.63, 3.8) is 0 Å². The summed E-state index contributed by atoms with van der Waals surface area (Å²) in [6.45, 7) is 3.69. The van der Waals surface area contributed by atoms with E-state index in [4.69, 9.17) is 17.3 Å². The fourth-order valence-electron chi connectivity index (χ4n) is 5.41. The van der Waals surface area contributed by atoms with E-state index < -0.39 is 0 Å². The number of aromatic hydroxyl groups is 1. The van der Waals surface area contributed by atoms with E-state index in [1.54, 1.807) is 0 Å². The van der Waals surface area contributed by atoms with Crippen LogP contribution in [0.5, 0.6) is 5.75 Å². The van der Waals surface area contributed by atoms with E-state index in [1.807, 2.05) is 36.4 Å². The zero-order valence-electron chi connectivity index (χ0n) is 19.0. The van der Waals surface area contributed by atoms with Gasteiger partial charge in [-0.15, -0.1) is 11.6 Å². The normalized spacial score (nSPS) is 15.4. The second kappa shape index (κ2) is 8.00. The van der Waals surface area contributed by atoms with Gasteiger partial charge in [0.2, 0.25) is 0 Å². The molecule has 1 aliphatic rings. The Bertz CT molecular complexity index is 1550. The number of nitrogens with zero attached hydrogens (tertiary/aromatic N) is 1. The molecule has 6 rings (SSSR count). The second-order valence-electron chi connectivity index (χ2n) is 9.29. The number of fused-ring (bicyclic) bond motifs is 4. The van der Waals surface area contributed by atoms with Crippen LogP contribution in [-0.2, 0) is 6.54 Å². The molecule has 0 saturated carbocycles. The Morgan fingerprint density at radius 1 is 1.06 bits per heavy atom. The van der Waals surface area contributed by atoms with Crippen LogP contribution in [0.3, 0.4) is 0 Å². The molecule has 1 atom stereocenters. The van der Waals surface area contributed by atoms with Crippen LogP contribution in [0, 0.1) is 6.92 Å². The Balaban J connectivity index is 1.38. The minimum atomic E-state index is 0.227. The van der Waals surface area contributed by atoms with Gasteiger partial charge in [-0.3, -0.25) is 0 Å². The Kier molecular flexibility index (Phi) is 4.93. The summed E-state index contributed by atoms with van der Waals surface area (Å²) in [5.74, 6) is 1.10. The first-order valence-corrected chi connectivity index (χ1v) is 12.1. The van der Waals surface area contributed by atoms with E-state index >= 15 is 0 Å². The van der Waals surface area contributed by atoms with Crippen LogP contribution in [0.1, 0.15) is 22.6 Å². The molecule has 0 radical (unpaired) electrons. The molecular formula is C29H26ClN3O. The number of hydrogen-bond donors (Lipinski definition) is 3. The molecule has 5 heteroatoms. The molecule has 4 aromatic carbocycles. The number of benzene rings is 4. The van der Waals surface area contributed by atoms with Crippen LogP contribution in [0.4, 0.5) is 11.4 Å². The van der Waals surface area contributed by atoms with Gasteiger partial charge in [0.15, 0.2) is 0 Å². The maximum atomic E-state index is 10.8. The zero-order valence-corrected chi connectivity index (χ0v) is 19.7. The Labute approximate surface area is 203 Å². The summed E-state index contributed by atoms with van der Waals surface area (Å²) < 4.78 is 0. The third-order valence-corrected chi connectivity index (χ3v) is 7.37. The summed E-state index contributed by atoms with van der Waals surface area (Å²) in [5.41, 5.74) is 14.7. The topological polar surface area (TPSA) is 65.3 Å². The highest BCUT2D eigenvalue weighted by molar-refractivity contribution is 6.19. The third kappa shape index (κ3) is 3.37. The first-order chi connectivity index (χ1) is 16.5. The molecular weight excluding hydrogens is 442 g/mol. The molecule has 1 unspecified atom stereocenters. The number of aromatic nitrogens is 1. The van der Waals surface area contributed by atoms with Crippen LogP contribution < -0.4 is 10.6 Å². The molecule has 0 aliphatic carbocycles. The summed E-state index contributed by atoms with van der Waals surface area (Å²) in [7, 11) is 0. The molecule has 0 saturated heterocycles. The number of halogens is 1. The van der Waals surface area contributed by atoms with Crippen LogP contribution >= 0.6 is 11.6 Å². The lowest BCUT2D eigenvalue weighted by Gasteiger charge is -2.21. The van der Waals surface area contributed by atoms with Gasteiger partial charge in [0.25, 0.3) is 0 Å². The highest BCUT2D eigenvalue weighted by atomic mass is 35.5. The number of nitrogen functional groups attached to an aromatic ring is 1. The van der Waals surface area contributed by atoms with E-state index in [0.717, 1.165) is 52.0 Å². The Morgan fingerprint density at radius 2 is 1.91 bits per heavy atom. The molecule has 0 fully saturated rings. The van der Waals surface area contributed by atoms with Gasteiger partial charge in [-0.1, -0.05) is 42.5 Å². The number of phenols is 1. The van der Waals surface area contributed by atoms with Gasteiger partial charge in [0, 0.05) is 64.3 Å². The molecule has 34 heavy (non-hydrogen) atoms. The molecule has 1 aromatic heterocycles. The highest BCUT2D eigenvalue weighted by Gasteiger charge is 2.31. The summed E-state index contributed by atoms with van der Waals surface area (Å²) >= 11 is 6.44. The smallest absolute Gasteiger partial charge is 0.125 e. The van der Waals surface area contributed by atoms with Crippen molar-refractivity contribution in [2.75, 3.05) is 23.1 Å². The Morgan fingerprint density at radius 3 is 2.74 bits per heavy atom. The number of nitrogens with one attached hydrogen (secondary N) is 1. The van der Waals surface area contributed by atoms with E-state index in [1.165, 1.54) is 22.1 Å². The fraction of sp³-hybridized carbons (Fsp3) is 0.172. The van der Waals surface area contributed by atoms with E-state index in [9.17, 15) is 5.11 Å². The Hall–Kier alpha value is -3.63. The number of H-pyrrole nitrogens is 1. The maximum Gasteiger partial charge on any atom is 0.125 e. The van der Waals surface area contributed by atoms with Crippen molar-refractivity contribution in [1.82, 2.24) is 4.98 Å². The van der Waals surface area contributed by atoms with E-state index in [2.05, 4.69) is 53.2 Å². The number of hydrogen-bond acceptors (Lipinski definition) is 3. The molecule has 4 N–H and O–H groups in total. The number of alkyl halides is 1. The van der Waals surface area contributed by atoms with Gasteiger partial charge in [0.1, 0.15) is 5.75 Å². The fourth-order valence-corrected chi connectivity index (χ4v) is 5.66. The lowest BCUT2D eigenvalue weighted by Crippen LogP contribution is -2.21. The van der Waals surface area contributed by atoms with Crippen LogP contribution in [0.25, 0.3) is 32.9 Å². The average molecular weight is 468 g/mol. The predicted molar refractivity (Wildman–Crippen MR) is 143 cm³/mol. The van der Waals surface area contributed by atoms with E-state index in [-0.39, 0.29) is 5.92 Å². The molecule has 2 heterocycles. The number of phenolic OH excluding ortho intramolecular Hbond substituents is 1. The number of aryl methyl sites for hydroxylation is 1. The van der Waals surface area contributed by atoms with Crippen molar-refractivity contribution in [2.24, 2.45) is 0 Å². The predicted octanol–water partition coefficient (Wildman–Crippen LogP) is 6.93. The quantitative estimate of drug-likeness (QED) is 0.198. The van der Waals surface area contributed by atoms with Crippen molar-refractivity contribution in [3.8, 4) is 17.0 Å². The number of rotatable bonds is 4. The standard InChI is InChI=1S/C29H26ClN3O/c1-17-4-2-7-23-27(34)13-26-29(28(17)23)21(14-30)16-33(26)15-18-8-9-20-12-25(32-24(20)10-18)19-5-3-6-22(31)11-19/h2-13,21,32,34H,14-16,31H2,1H3. The van der Waals surface area contributed by atoms with Crippen molar-refractivity contribution < 1.29 is 5.11 Å². The summed E-state index contributed by atoms with van der Waals surface area (Å²) in [5, 5.41) is 14.0. The number of anilines is 2. The third-order valence-electron chi connectivity index (χ3n) is 7.00. The molecule has 170 valence electrons. The summed E-state index contributed by atoms with van der Waals surface area (Å²) in [4.78, 5) is 5.89. The molecule has 0 amide bonds. The molecule has 4 nitrogen and oxygen atoms in total. The van der Waals surface area contributed by atoms with Gasteiger partial charge in [-0.05, 0) is 58.8 Å². The lowest BCUT2D eigenvalue weighted by atomic mass is 9.92. The minimum absolute atomic E-state index is 0.227. The molecule has 0 bridgehead atoms. The van der Waals surface area contributed by atoms with Gasteiger partial charge in [-0.25, -0.2) is 0 Å². The first kappa shape index (κ1) is 20.9. The molecule has 0 spiro atoms. The van der Waals surface area contributed by atoms with Crippen LogP contribution in [0.2, 0.25) is 0 Å². The number of nitrogens with two attached hydrogens (primary N) is 1. The molecule has 5 aromatic rings. The minimum Gasteiger partial charge on any atom is -0.507 e. The van der Waals surface area contributed by atoms with Crippen molar-refractivity contribution in [2.45, 2.75) is 19.4 Å². The molecule has 1 aliphatic heterocycles. The summed E-state index contributed by atoms with van der Waals surface area (Å²) in [6.07, 6.45) is 0. The maximum absolute atomic E-state index is 10.8. The van der Waals surface area contributed by atoms with Gasteiger partial charge in [-0.2, -0.15) is 0 Å². The first-order valence-electron chi connectivity index (χ1n) is 11.6. The largest absolute Gasteiger partial charge is 0.507 e. The van der Waals surface area contributed by atoms with E-state index in [0.29, 0.717) is 11.6 Å². The van der Waals surface area contributed by atoms with Crippen LogP contribution in [-0.4, -0.2) is 22.5 Å². The monoisotopic (exact) mass is 467 g/mol. The summed E-state index contributed by atoms with van der Waals surface area (Å²) in [6, 6.07) is 24.6. The van der Waals surface area contributed by atoms with Crippen molar-refractivity contribution in [3.05, 3.63) is 89.5 Å². The van der Waals surface area contributed by atoms with Crippen molar-refractivity contribution >= 4 is 44.7 Å². The van der Waals surface area contributed by atoms with Crippen molar-refractivity contribution in [1.29, 1.82) is 0 Å². The zero-order chi connectivity index (χ0) is 23.4. The van der Waals surface area contributed by atoms with Crippen LogP contribution in [0.15, 0.2) is 72.8 Å².